The Labute approximate surface area is 271 Å². The van der Waals surface area contributed by atoms with Crippen LogP contribution in [0.3, 0.4) is 0 Å². The summed E-state index contributed by atoms with van der Waals surface area (Å²) in [6.07, 6.45) is 7.04. The van der Waals surface area contributed by atoms with Gasteiger partial charge in [-0.3, -0.25) is 0 Å². The summed E-state index contributed by atoms with van der Waals surface area (Å²) in [5, 5.41) is 0. The minimum absolute atomic E-state index is 0.142. The van der Waals surface area contributed by atoms with Crippen LogP contribution in [-0.4, -0.2) is 6.71 Å². The van der Waals surface area contributed by atoms with Gasteiger partial charge in [-0.2, -0.15) is 0 Å². The molecule has 2 heterocycles. The molecule has 0 N–H and O–H groups in total. The van der Waals surface area contributed by atoms with E-state index in [0.717, 1.165) is 35.6 Å². The second-order valence-electron chi connectivity index (χ2n) is 12.1. The molecule has 0 spiro atoms. The summed E-state index contributed by atoms with van der Waals surface area (Å²) in [4.78, 5) is 7.37. The maximum atomic E-state index is 2.51. The van der Waals surface area contributed by atoms with Gasteiger partial charge >= 0.3 is 0 Å². The molecule has 6 aromatic rings. The van der Waals surface area contributed by atoms with Crippen LogP contribution < -0.4 is 25.6 Å². The predicted molar refractivity (Wildman–Crippen MR) is 195 cm³/mol. The zero-order valence-corrected chi connectivity index (χ0v) is 25.5. The first-order valence-electron chi connectivity index (χ1n) is 16.1. The van der Waals surface area contributed by atoms with Crippen molar-refractivity contribution < 1.29 is 0 Å². The number of anilines is 8. The number of benzene rings is 6. The average molecular weight is 590 g/mol. The Morgan fingerprint density at radius 3 is 1.59 bits per heavy atom. The maximum absolute atomic E-state index is 2.51. The molecule has 4 heteroatoms. The molecule has 218 valence electrons. The molecular formula is C42H32BN3. The van der Waals surface area contributed by atoms with E-state index in [1.165, 1.54) is 44.8 Å². The number of hydrogen-bond acceptors (Lipinski definition) is 3. The second kappa shape index (κ2) is 11.0. The first kappa shape index (κ1) is 26.6. The van der Waals surface area contributed by atoms with Crippen LogP contribution in [0.15, 0.2) is 181 Å². The van der Waals surface area contributed by atoms with E-state index >= 15 is 0 Å². The van der Waals surface area contributed by atoms with E-state index in [4.69, 9.17) is 0 Å². The minimum Gasteiger partial charge on any atom is -0.312 e. The van der Waals surface area contributed by atoms with E-state index in [2.05, 4.69) is 185 Å². The van der Waals surface area contributed by atoms with Crippen molar-refractivity contribution in [3.8, 4) is 0 Å². The molecule has 0 amide bonds. The lowest BCUT2D eigenvalue weighted by Crippen LogP contribution is -2.57. The van der Waals surface area contributed by atoms with Gasteiger partial charge in [0.05, 0.1) is 5.69 Å². The number of para-hydroxylation sites is 5. The fourth-order valence-corrected chi connectivity index (χ4v) is 7.56. The van der Waals surface area contributed by atoms with Crippen LogP contribution >= 0.6 is 0 Å². The highest BCUT2D eigenvalue weighted by Gasteiger charge is 2.45. The Morgan fingerprint density at radius 1 is 0.457 bits per heavy atom. The number of rotatable bonds is 5. The van der Waals surface area contributed by atoms with Gasteiger partial charge in [0.25, 0.3) is 6.71 Å². The van der Waals surface area contributed by atoms with Gasteiger partial charge in [-0.15, -0.1) is 0 Å². The van der Waals surface area contributed by atoms with Gasteiger partial charge in [0, 0.05) is 45.5 Å². The van der Waals surface area contributed by atoms with E-state index in [9.17, 15) is 0 Å². The van der Waals surface area contributed by atoms with Gasteiger partial charge in [-0.1, -0.05) is 103 Å². The van der Waals surface area contributed by atoms with Crippen molar-refractivity contribution in [3.63, 3.8) is 0 Å². The molecule has 1 aliphatic carbocycles. The Morgan fingerprint density at radius 2 is 0.957 bits per heavy atom. The fourth-order valence-electron chi connectivity index (χ4n) is 7.56. The molecule has 0 aromatic heterocycles. The number of hydrogen-bond donors (Lipinski definition) is 0. The van der Waals surface area contributed by atoms with E-state index in [0.29, 0.717) is 0 Å². The smallest absolute Gasteiger partial charge is 0.251 e. The Balaban J connectivity index is 1.41. The molecule has 0 saturated heterocycles. The molecule has 3 aliphatic rings. The first-order valence-corrected chi connectivity index (χ1v) is 16.1. The predicted octanol–water partition coefficient (Wildman–Crippen LogP) is 9.84. The summed E-state index contributed by atoms with van der Waals surface area (Å²) in [6.45, 7) is 0.142. The normalized spacial score (nSPS) is 14.5. The Bertz CT molecular complexity index is 2070. The summed E-state index contributed by atoms with van der Waals surface area (Å²) in [5.74, 6) is 0. The molecule has 0 unspecified atom stereocenters. The van der Waals surface area contributed by atoms with Crippen molar-refractivity contribution in [2.75, 3.05) is 14.7 Å². The molecular weight excluding hydrogens is 557 g/mol. The molecule has 3 nitrogen and oxygen atoms in total. The van der Waals surface area contributed by atoms with Gasteiger partial charge in [0.15, 0.2) is 0 Å². The van der Waals surface area contributed by atoms with Crippen molar-refractivity contribution >= 4 is 63.1 Å². The van der Waals surface area contributed by atoms with Gasteiger partial charge in [-0.05, 0) is 96.0 Å². The van der Waals surface area contributed by atoms with Gasteiger partial charge in [0.1, 0.15) is 0 Å². The molecule has 0 saturated carbocycles. The minimum atomic E-state index is 0.142. The largest absolute Gasteiger partial charge is 0.312 e. The first-order chi connectivity index (χ1) is 22.9. The molecule has 9 rings (SSSR count). The summed E-state index contributed by atoms with van der Waals surface area (Å²) < 4.78 is 0. The number of nitrogens with zero attached hydrogens (tertiary/aromatic N) is 3. The molecule has 0 fully saturated rings. The second-order valence-corrected chi connectivity index (χ2v) is 12.1. The zero-order valence-electron chi connectivity index (χ0n) is 25.5. The lowest BCUT2D eigenvalue weighted by molar-refractivity contribution is 0.984. The van der Waals surface area contributed by atoms with Gasteiger partial charge in [-0.25, -0.2) is 0 Å². The standard InChI is InChI=1S/C42H32BN3/c1-5-17-31(18-6-1)44(32-19-7-2-8-20-32)35-29-40-42-41(30-35)46(34-23-11-4-12-24-34)39-28-16-14-26-37(39)43(42)36-25-13-15-27-38(36)45(40)33-21-9-3-10-22-33/h1-13,15,17-30H,14,16H2. The lowest BCUT2D eigenvalue weighted by atomic mass is 9.32. The monoisotopic (exact) mass is 589 g/mol. The highest BCUT2D eigenvalue weighted by Crippen LogP contribution is 2.49. The molecule has 0 radical (unpaired) electrons. The van der Waals surface area contributed by atoms with Crippen LogP contribution in [0.2, 0.25) is 0 Å². The summed E-state index contributed by atoms with van der Waals surface area (Å²) in [7, 11) is 0. The van der Waals surface area contributed by atoms with Gasteiger partial charge < -0.3 is 14.7 Å². The summed E-state index contributed by atoms with van der Waals surface area (Å²) >= 11 is 0. The third-order valence-electron chi connectivity index (χ3n) is 9.41. The van der Waals surface area contributed by atoms with Crippen LogP contribution in [0.5, 0.6) is 0 Å². The van der Waals surface area contributed by atoms with E-state index in [1.807, 2.05) is 0 Å². The van der Waals surface area contributed by atoms with Crippen molar-refractivity contribution in [3.05, 3.63) is 181 Å². The summed E-state index contributed by atoms with van der Waals surface area (Å²) in [5.41, 5.74) is 14.8. The molecule has 6 aromatic carbocycles. The SMILES string of the molecule is C1=C2B3c4ccccc4N(c4ccccc4)c4cc(N(c5ccccc5)c5ccccc5)cc(c43)N(c3ccccc3)C2=CCC1. The van der Waals surface area contributed by atoms with Crippen LogP contribution in [0, 0.1) is 0 Å². The van der Waals surface area contributed by atoms with Crippen LogP contribution in [0.4, 0.5) is 45.5 Å². The third kappa shape index (κ3) is 4.22. The Hall–Kier alpha value is -5.74. The zero-order chi connectivity index (χ0) is 30.5. The highest BCUT2D eigenvalue weighted by molar-refractivity contribution is 6.96. The fraction of sp³-hybridized carbons (Fsp3) is 0.0476. The molecule has 0 bridgehead atoms. The molecule has 2 aliphatic heterocycles. The number of allylic oxidation sites excluding steroid dienone is 3. The maximum Gasteiger partial charge on any atom is 0.251 e. The van der Waals surface area contributed by atoms with Crippen molar-refractivity contribution in [1.82, 2.24) is 0 Å². The van der Waals surface area contributed by atoms with Gasteiger partial charge in [0.2, 0.25) is 0 Å². The van der Waals surface area contributed by atoms with E-state index in [-0.39, 0.29) is 6.71 Å². The van der Waals surface area contributed by atoms with Crippen LogP contribution in [0.25, 0.3) is 0 Å². The lowest BCUT2D eigenvalue weighted by Gasteiger charge is -2.46. The van der Waals surface area contributed by atoms with Crippen molar-refractivity contribution in [2.45, 2.75) is 12.8 Å². The third-order valence-corrected chi connectivity index (χ3v) is 9.41. The average Bonchev–Trinajstić information content (AvgIpc) is 3.13. The topological polar surface area (TPSA) is 9.72 Å². The summed E-state index contributed by atoms with van der Waals surface area (Å²) in [6, 6.07) is 57.0. The highest BCUT2D eigenvalue weighted by atomic mass is 15.2. The van der Waals surface area contributed by atoms with Crippen molar-refractivity contribution in [2.24, 2.45) is 0 Å². The Kier molecular flexibility index (Phi) is 6.38. The van der Waals surface area contributed by atoms with Crippen LogP contribution in [-0.2, 0) is 0 Å². The van der Waals surface area contributed by atoms with Crippen molar-refractivity contribution in [1.29, 1.82) is 0 Å². The number of fused-ring (bicyclic) bond motifs is 4. The van der Waals surface area contributed by atoms with E-state index < -0.39 is 0 Å². The van der Waals surface area contributed by atoms with Crippen LogP contribution in [0.1, 0.15) is 12.8 Å². The van der Waals surface area contributed by atoms with E-state index in [1.54, 1.807) is 0 Å². The molecule has 46 heavy (non-hydrogen) atoms. The quantitative estimate of drug-likeness (QED) is 0.185. The molecule has 0 atom stereocenters.